The van der Waals surface area contributed by atoms with Crippen molar-refractivity contribution in [1.82, 2.24) is 24.8 Å². The van der Waals surface area contributed by atoms with Gasteiger partial charge in [-0.15, -0.1) is 0 Å². The number of hydrogen-bond donors (Lipinski definition) is 1. The van der Waals surface area contributed by atoms with Crippen LogP contribution in [-0.2, 0) is 4.79 Å². The molecule has 10 heteroatoms. The van der Waals surface area contributed by atoms with Gasteiger partial charge in [0.1, 0.15) is 29.4 Å². The van der Waals surface area contributed by atoms with E-state index in [1.807, 2.05) is 29.2 Å². The number of likely N-dealkylation sites (tertiary alicyclic amines) is 1. The van der Waals surface area contributed by atoms with Crippen molar-refractivity contribution in [3.63, 3.8) is 0 Å². The summed E-state index contributed by atoms with van der Waals surface area (Å²) in [6, 6.07) is 11.0. The van der Waals surface area contributed by atoms with E-state index in [-0.39, 0.29) is 47.0 Å². The average molecular weight is 597 g/mol. The molecule has 9 nitrogen and oxygen atoms in total. The maximum absolute atomic E-state index is 16.7. The summed E-state index contributed by atoms with van der Waals surface area (Å²) in [6.45, 7) is 8.43. The zero-order chi connectivity index (χ0) is 30.5. The number of piperidine rings is 1. The van der Waals surface area contributed by atoms with Crippen LogP contribution in [0.25, 0.3) is 32.9 Å². The third-order valence-corrected chi connectivity index (χ3v) is 9.73. The molecule has 3 aliphatic rings. The van der Waals surface area contributed by atoms with Crippen molar-refractivity contribution >= 4 is 33.4 Å². The fourth-order valence-electron chi connectivity index (χ4n) is 7.45. The number of carbonyl (C=O) groups excluding carboxylic acids is 1. The van der Waals surface area contributed by atoms with E-state index < -0.39 is 5.82 Å². The van der Waals surface area contributed by atoms with E-state index in [1.54, 1.807) is 12.3 Å². The molecule has 4 aromatic rings. The molecular formula is C34H37FN6O3. The molecule has 0 spiro atoms. The number of nitrogens with zero attached hydrogens (tertiary/aromatic N) is 6. The van der Waals surface area contributed by atoms with Crippen LogP contribution >= 0.6 is 0 Å². The molecule has 4 atom stereocenters. The number of halogens is 1. The van der Waals surface area contributed by atoms with Gasteiger partial charge in [-0.05, 0) is 74.2 Å². The fraction of sp³-hybridized carbons (Fsp3) is 0.412. The van der Waals surface area contributed by atoms with Crippen LogP contribution in [0.3, 0.4) is 0 Å². The summed E-state index contributed by atoms with van der Waals surface area (Å²) in [5.41, 5.74) is 0.696. The van der Waals surface area contributed by atoms with E-state index in [2.05, 4.69) is 40.3 Å². The van der Waals surface area contributed by atoms with Crippen LogP contribution in [0, 0.1) is 11.7 Å². The van der Waals surface area contributed by atoms with E-state index in [0.717, 1.165) is 43.0 Å². The number of hydrogen-bond acceptors (Lipinski definition) is 8. The van der Waals surface area contributed by atoms with Crippen molar-refractivity contribution in [2.24, 2.45) is 5.92 Å². The number of phenolic OH excluding ortho intramolecular Hbond substituents is 1. The molecule has 0 aliphatic carbocycles. The van der Waals surface area contributed by atoms with E-state index in [9.17, 15) is 9.90 Å². The molecule has 1 N–H and O–H groups in total. The summed E-state index contributed by atoms with van der Waals surface area (Å²) < 4.78 is 22.9. The third kappa shape index (κ3) is 4.91. The SMILES string of the molecule is C=CC(=O)N1C2CCC1CN(c1nc(OC[C@@H]3C(C)CCCN3C)nc3c(F)c(-c4cc(O)cc5ccccc45)ncc13)C2. The standard InChI is InChI=1S/C34H37FN6O3/c1-4-29(43)41-22-11-12-23(41)18-40(17-22)33-27-16-36-31(26-15-24(42)14-21-9-5-6-10-25(21)26)30(35)32(27)37-34(38-33)44-19-28-20(2)8-7-13-39(28)3/h4-6,9-10,14-16,20,22-23,28,42H,1,7-8,11-13,17-19H2,2-3H3/t20?,22?,23?,28-/m1/s1. The van der Waals surface area contributed by atoms with Gasteiger partial charge >= 0.3 is 6.01 Å². The minimum atomic E-state index is -0.599. The predicted molar refractivity (Wildman–Crippen MR) is 168 cm³/mol. The maximum Gasteiger partial charge on any atom is 0.319 e. The van der Waals surface area contributed by atoms with Crippen molar-refractivity contribution in [1.29, 1.82) is 0 Å². The maximum atomic E-state index is 16.7. The Morgan fingerprint density at radius 2 is 1.91 bits per heavy atom. The second-order valence-electron chi connectivity index (χ2n) is 12.4. The second kappa shape index (κ2) is 11.3. The minimum absolute atomic E-state index is 0.0149. The Morgan fingerprint density at radius 1 is 1.14 bits per heavy atom. The molecule has 1 amide bonds. The van der Waals surface area contributed by atoms with Gasteiger partial charge in [0.2, 0.25) is 5.91 Å². The Labute approximate surface area is 256 Å². The summed E-state index contributed by atoms with van der Waals surface area (Å²) in [5.74, 6) is 0.372. The zero-order valence-corrected chi connectivity index (χ0v) is 25.1. The van der Waals surface area contributed by atoms with E-state index >= 15 is 4.39 Å². The molecule has 0 saturated carbocycles. The molecule has 2 aromatic heterocycles. The van der Waals surface area contributed by atoms with Gasteiger partial charge in [0.25, 0.3) is 0 Å². The number of carbonyl (C=O) groups is 1. The van der Waals surface area contributed by atoms with Gasteiger partial charge in [0.15, 0.2) is 5.82 Å². The van der Waals surface area contributed by atoms with Gasteiger partial charge < -0.3 is 19.6 Å². The molecule has 44 heavy (non-hydrogen) atoms. The minimum Gasteiger partial charge on any atom is -0.508 e. The van der Waals surface area contributed by atoms with Crippen LogP contribution < -0.4 is 9.64 Å². The van der Waals surface area contributed by atoms with Crippen LogP contribution in [0.1, 0.15) is 32.6 Å². The molecule has 2 aromatic carbocycles. The largest absolute Gasteiger partial charge is 0.508 e. The van der Waals surface area contributed by atoms with Crippen LogP contribution in [-0.4, -0.2) is 87.2 Å². The lowest BCUT2D eigenvalue weighted by atomic mass is 9.92. The van der Waals surface area contributed by atoms with Crippen LogP contribution in [0.15, 0.2) is 55.3 Å². The molecule has 0 radical (unpaired) electrons. The Hall–Kier alpha value is -4.31. The third-order valence-electron chi connectivity index (χ3n) is 9.73. The van der Waals surface area contributed by atoms with E-state index in [4.69, 9.17) is 9.72 Å². The van der Waals surface area contributed by atoms with Crippen LogP contribution in [0.5, 0.6) is 11.8 Å². The second-order valence-corrected chi connectivity index (χ2v) is 12.4. The first kappa shape index (κ1) is 28.5. The number of ether oxygens (including phenoxy) is 1. The quantitative estimate of drug-likeness (QED) is 0.305. The molecule has 7 rings (SSSR count). The van der Waals surface area contributed by atoms with Gasteiger partial charge in [0, 0.05) is 43.0 Å². The molecule has 3 fully saturated rings. The first-order valence-corrected chi connectivity index (χ1v) is 15.4. The number of aromatic hydroxyl groups is 1. The number of piperazine rings is 1. The lowest BCUT2D eigenvalue weighted by Crippen LogP contribution is -2.55. The summed E-state index contributed by atoms with van der Waals surface area (Å²) in [4.78, 5) is 33.0. The Morgan fingerprint density at radius 3 is 2.66 bits per heavy atom. The number of benzene rings is 2. The number of anilines is 1. The van der Waals surface area contributed by atoms with Crippen molar-refractivity contribution < 1.29 is 19.0 Å². The molecule has 228 valence electrons. The lowest BCUT2D eigenvalue weighted by molar-refractivity contribution is -0.129. The molecular weight excluding hydrogens is 559 g/mol. The number of aromatic nitrogens is 3. The number of likely N-dealkylation sites (N-methyl/N-ethyl adjacent to an activating group) is 1. The van der Waals surface area contributed by atoms with Gasteiger partial charge in [-0.3, -0.25) is 14.7 Å². The fourth-order valence-corrected chi connectivity index (χ4v) is 7.45. The van der Waals surface area contributed by atoms with E-state index in [0.29, 0.717) is 42.4 Å². The van der Waals surface area contributed by atoms with Crippen molar-refractivity contribution in [2.75, 3.05) is 38.2 Å². The topological polar surface area (TPSA) is 94.9 Å². The first-order chi connectivity index (χ1) is 21.3. The average Bonchev–Trinajstić information content (AvgIpc) is 3.29. The monoisotopic (exact) mass is 596 g/mol. The molecule has 2 bridgehead atoms. The number of pyridine rings is 1. The molecule has 3 aliphatic heterocycles. The van der Waals surface area contributed by atoms with Gasteiger partial charge in [0.05, 0.1) is 5.39 Å². The number of amides is 1. The number of phenols is 1. The lowest BCUT2D eigenvalue weighted by Gasteiger charge is -2.41. The van der Waals surface area contributed by atoms with Crippen LogP contribution in [0.2, 0.25) is 0 Å². The smallest absolute Gasteiger partial charge is 0.319 e. The zero-order valence-electron chi connectivity index (χ0n) is 25.1. The summed E-state index contributed by atoms with van der Waals surface area (Å²) in [6.07, 6.45) is 7.05. The number of fused-ring (bicyclic) bond motifs is 4. The highest BCUT2D eigenvalue weighted by molar-refractivity contribution is 6.00. The van der Waals surface area contributed by atoms with Crippen molar-refractivity contribution in [3.05, 3.63) is 61.1 Å². The summed E-state index contributed by atoms with van der Waals surface area (Å²) in [7, 11) is 2.10. The highest BCUT2D eigenvalue weighted by Gasteiger charge is 2.42. The Bertz CT molecular complexity index is 1740. The highest BCUT2D eigenvalue weighted by Crippen LogP contribution is 2.39. The molecule has 3 unspecified atom stereocenters. The number of rotatable bonds is 6. The molecule has 3 saturated heterocycles. The first-order valence-electron chi connectivity index (χ1n) is 15.4. The van der Waals surface area contributed by atoms with Gasteiger partial charge in [-0.2, -0.15) is 9.97 Å². The van der Waals surface area contributed by atoms with Gasteiger partial charge in [-0.25, -0.2) is 4.39 Å². The van der Waals surface area contributed by atoms with Crippen molar-refractivity contribution in [3.8, 4) is 23.0 Å². The van der Waals surface area contributed by atoms with E-state index in [1.165, 1.54) is 12.1 Å². The Kier molecular flexibility index (Phi) is 7.32. The van der Waals surface area contributed by atoms with Gasteiger partial charge in [-0.1, -0.05) is 37.8 Å². The Balaban J connectivity index is 1.33. The summed E-state index contributed by atoms with van der Waals surface area (Å²) in [5, 5.41) is 12.5. The van der Waals surface area contributed by atoms with Crippen LogP contribution in [0.4, 0.5) is 10.2 Å². The highest BCUT2D eigenvalue weighted by atomic mass is 19.1. The summed E-state index contributed by atoms with van der Waals surface area (Å²) >= 11 is 0. The predicted octanol–water partition coefficient (Wildman–Crippen LogP) is 5.16. The normalized spacial score (nSPS) is 23.8. The van der Waals surface area contributed by atoms with Crippen molar-refractivity contribution in [2.45, 2.75) is 50.7 Å². The molecule has 5 heterocycles.